The standard InChI is InChI=1S/C10H11F6N3O/c1-2-3-18-6-4-17-5-7(19-6)20-8(9(11,12)13)10(14,15)16/h4-5,8H,2-3H2,1H3,(H,18,19). The SMILES string of the molecule is CCCNc1cncc(OC(C(F)(F)F)C(F)(F)F)n1. The predicted octanol–water partition coefficient (Wildman–Crippen LogP) is 3.17. The van der Waals surface area contributed by atoms with Gasteiger partial charge in [0.25, 0.3) is 6.10 Å². The van der Waals surface area contributed by atoms with E-state index in [0.717, 1.165) is 0 Å². The van der Waals surface area contributed by atoms with E-state index in [1.165, 1.54) is 6.20 Å². The zero-order valence-electron chi connectivity index (χ0n) is 10.2. The second-order valence-electron chi connectivity index (χ2n) is 3.75. The van der Waals surface area contributed by atoms with Crippen molar-refractivity contribution in [3.05, 3.63) is 12.4 Å². The molecule has 10 heteroatoms. The van der Waals surface area contributed by atoms with Crippen LogP contribution in [-0.4, -0.2) is 35.0 Å². The summed E-state index contributed by atoms with van der Waals surface area (Å²) >= 11 is 0. The third-order valence-corrected chi connectivity index (χ3v) is 2.00. The van der Waals surface area contributed by atoms with Crippen LogP contribution in [0.1, 0.15) is 13.3 Å². The number of aromatic nitrogens is 2. The molecule has 1 aromatic heterocycles. The molecule has 0 saturated carbocycles. The van der Waals surface area contributed by atoms with E-state index in [2.05, 4.69) is 20.0 Å². The number of hydrogen-bond acceptors (Lipinski definition) is 4. The first-order chi connectivity index (χ1) is 9.14. The van der Waals surface area contributed by atoms with Gasteiger partial charge in [-0.1, -0.05) is 6.92 Å². The van der Waals surface area contributed by atoms with Crippen molar-refractivity contribution in [1.29, 1.82) is 0 Å². The zero-order chi connectivity index (χ0) is 15.4. The Balaban J connectivity index is 2.89. The average molecular weight is 303 g/mol. The molecular formula is C10H11F6N3O. The maximum atomic E-state index is 12.3. The number of halogens is 6. The van der Waals surface area contributed by atoms with Crippen LogP contribution in [0.15, 0.2) is 12.4 Å². The first-order valence-electron chi connectivity index (χ1n) is 5.50. The van der Waals surface area contributed by atoms with Gasteiger partial charge in [0, 0.05) is 6.54 Å². The highest BCUT2D eigenvalue weighted by Crippen LogP contribution is 2.36. The van der Waals surface area contributed by atoms with Crippen LogP contribution in [0.3, 0.4) is 0 Å². The summed E-state index contributed by atoms with van der Waals surface area (Å²) in [5, 5.41) is 2.67. The number of hydrogen-bond donors (Lipinski definition) is 1. The van der Waals surface area contributed by atoms with E-state index < -0.39 is 24.3 Å². The molecule has 0 radical (unpaired) electrons. The number of nitrogens with zero attached hydrogens (tertiary/aromatic N) is 2. The Morgan fingerprint density at radius 2 is 1.75 bits per heavy atom. The first-order valence-corrected chi connectivity index (χ1v) is 5.50. The summed E-state index contributed by atoms with van der Waals surface area (Å²) < 4.78 is 77.7. The molecule has 0 spiro atoms. The minimum Gasteiger partial charge on any atom is -0.454 e. The minimum absolute atomic E-state index is 0.0347. The summed E-state index contributed by atoms with van der Waals surface area (Å²) in [6.45, 7) is 2.27. The lowest BCUT2D eigenvalue weighted by atomic mass is 10.3. The maximum Gasteiger partial charge on any atom is 0.434 e. The van der Waals surface area contributed by atoms with Crippen molar-refractivity contribution in [2.45, 2.75) is 31.8 Å². The summed E-state index contributed by atoms with van der Waals surface area (Å²) in [5.74, 6) is -0.821. The maximum absolute atomic E-state index is 12.3. The Morgan fingerprint density at radius 3 is 2.25 bits per heavy atom. The normalized spacial score (nSPS) is 12.6. The van der Waals surface area contributed by atoms with E-state index in [9.17, 15) is 26.3 Å². The second-order valence-corrected chi connectivity index (χ2v) is 3.75. The third kappa shape index (κ3) is 4.74. The topological polar surface area (TPSA) is 47.0 Å². The van der Waals surface area contributed by atoms with Crippen molar-refractivity contribution in [3.8, 4) is 5.88 Å². The van der Waals surface area contributed by atoms with E-state index in [1.807, 2.05) is 6.92 Å². The van der Waals surface area contributed by atoms with Gasteiger partial charge in [-0.2, -0.15) is 31.3 Å². The van der Waals surface area contributed by atoms with Crippen LogP contribution in [-0.2, 0) is 0 Å². The molecule has 0 aliphatic carbocycles. The summed E-state index contributed by atoms with van der Waals surface area (Å²) in [4.78, 5) is 6.95. The highest BCUT2D eigenvalue weighted by Gasteiger charge is 2.59. The van der Waals surface area contributed by atoms with Crippen molar-refractivity contribution >= 4 is 5.82 Å². The summed E-state index contributed by atoms with van der Waals surface area (Å²) in [6, 6.07) is 0. The van der Waals surface area contributed by atoms with Gasteiger partial charge >= 0.3 is 12.4 Å². The van der Waals surface area contributed by atoms with Crippen LogP contribution in [0.25, 0.3) is 0 Å². The molecule has 1 aromatic rings. The highest BCUT2D eigenvalue weighted by molar-refractivity contribution is 5.33. The molecule has 0 fully saturated rings. The van der Waals surface area contributed by atoms with Crippen LogP contribution in [0.2, 0.25) is 0 Å². The van der Waals surface area contributed by atoms with Crippen molar-refractivity contribution in [2.75, 3.05) is 11.9 Å². The fourth-order valence-electron chi connectivity index (χ4n) is 1.18. The van der Waals surface area contributed by atoms with Crippen molar-refractivity contribution in [2.24, 2.45) is 0 Å². The zero-order valence-corrected chi connectivity index (χ0v) is 10.2. The Labute approximate surface area is 110 Å². The molecule has 0 amide bonds. The fraction of sp³-hybridized carbons (Fsp3) is 0.600. The first kappa shape index (κ1) is 16.3. The van der Waals surface area contributed by atoms with E-state index in [0.29, 0.717) is 19.2 Å². The Bertz CT molecular complexity index is 420. The van der Waals surface area contributed by atoms with Crippen LogP contribution in [0.4, 0.5) is 32.2 Å². The van der Waals surface area contributed by atoms with Crippen molar-refractivity contribution in [1.82, 2.24) is 9.97 Å². The van der Waals surface area contributed by atoms with E-state index in [4.69, 9.17) is 0 Å². The molecule has 1 heterocycles. The van der Waals surface area contributed by atoms with Crippen LogP contribution < -0.4 is 10.1 Å². The number of nitrogens with one attached hydrogen (secondary N) is 1. The molecule has 114 valence electrons. The highest BCUT2D eigenvalue weighted by atomic mass is 19.4. The number of ether oxygens (including phenoxy) is 1. The smallest absolute Gasteiger partial charge is 0.434 e. The number of alkyl halides is 6. The van der Waals surface area contributed by atoms with E-state index in [1.54, 1.807) is 0 Å². The van der Waals surface area contributed by atoms with E-state index in [-0.39, 0.29) is 5.82 Å². The number of rotatable bonds is 5. The van der Waals surface area contributed by atoms with Crippen molar-refractivity contribution in [3.63, 3.8) is 0 Å². The molecule has 1 N–H and O–H groups in total. The third-order valence-electron chi connectivity index (χ3n) is 2.00. The van der Waals surface area contributed by atoms with Crippen molar-refractivity contribution < 1.29 is 31.1 Å². The molecule has 0 saturated heterocycles. The molecular weight excluding hydrogens is 292 g/mol. The molecule has 0 aliphatic rings. The molecule has 4 nitrogen and oxygen atoms in total. The lowest BCUT2D eigenvalue weighted by Crippen LogP contribution is -2.46. The van der Waals surface area contributed by atoms with Gasteiger partial charge in [-0.3, -0.25) is 4.98 Å². The molecule has 20 heavy (non-hydrogen) atoms. The minimum atomic E-state index is -5.59. The Hall–Kier alpha value is -1.74. The fourth-order valence-corrected chi connectivity index (χ4v) is 1.18. The summed E-state index contributed by atoms with van der Waals surface area (Å²) in [6.07, 6.45) is -12.6. The van der Waals surface area contributed by atoms with Gasteiger partial charge in [-0.05, 0) is 6.42 Å². The van der Waals surface area contributed by atoms with Crippen LogP contribution in [0, 0.1) is 0 Å². The molecule has 0 unspecified atom stereocenters. The summed E-state index contributed by atoms with van der Waals surface area (Å²) in [5.41, 5.74) is 0. The van der Waals surface area contributed by atoms with Gasteiger partial charge in [-0.15, -0.1) is 0 Å². The average Bonchev–Trinajstić information content (AvgIpc) is 2.31. The lowest BCUT2D eigenvalue weighted by molar-refractivity contribution is -0.300. The molecule has 0 aromatic carbocycles. The monoisotopic (exact) mass is 303 g/mol. The molecule has 0 bridgehead atoms. The van der Waals surface area contributed by atoms with Gasteiger partial charge < -0.3 is 10.1 Å². The second kappa shape index (κ2) is 6.14. The quantitative estimate of drug-likeness (QED) is 0.849. The molecule has 1 rings (SSSR count). The predicted molar refractivity (Wildman–Crippen MR) is 57.3 cm³/mol. The lowest BCUT2D eigenvalue weighted by Gasteiger charge is -2.23. The summed E-state index contributed by atoms with van der Waals surface area (Å²) in [7, 11) is 0. The van der Waals surface area contributed by atoms with Crippen LogP contribution in [0.5, 0.6) is 5.88 Å². The Morgan fingerprint density at radius 1 is 1.15 bits per heavy atom. The molecule has 0 aliphatic heterocycles. The Kier molecular flexibility index (Phi) is 5.01. The van der Waals surface area contributed by atoms with E-state index >= 15 is 0 Å². The van der Waals surface area contributed by atoms with Gasteiger partial charge in [-0.25, -0.2) is 0 Å². The van der Waals surface area contributed by atoms with Gasteiger partial charge in [0.05, 0.1) is 12.4 Å². The molecule has 0 atom stereocenters. The largest absolute Gasteiger partial charge is 0.454 e. The van der Waals surface area contributed by atoms with Gasteiger partial charge in [0.2, 0.25) is 5.88 Å². The van der Waals surface area contributed by atoms with Gasteiger partial charge in [0.15, 0.2) is 0 Å². The number of anilines is 1. The van der Waals surface area contributed by atoms with Crippen LogP contribution >= 0.6 is 0 Å². The van der Waals surface area contributed by atoms with Gasteiger partial charge in [0.1, 0.15) is 5.82 Å².